The fourth-order valence-electron chi connectivity index (χ4n) is 3.13. The standard InChI is InChI=1S/C17H21F3N6O3/c1-3-29-16(28)13-9-21-26(22-13)12-4-6-24(7-5-12)15(27)10-25-11(2)8-14(23-25)17(18,19)20/h8-9,12H,3-7,10H2,1-2H3. The molecule has 1 aliphatic rings. The lowest BCUT2D eigenvalue weighted by atomic mass is 10.1. The summed E-state index contributed by atoms with van der Waals surface area (Å²) in [7, 11) is 0. The lowest BCUT2D eigenvalue weighted by Crippen LogP contribution is -2.41. The summed E-state index contributed by atoms with van der Waals surface area (Å²) < 4.78 is 44.2. The average Bonchev–Trinajstić information content (AvgIpc) is 3.29. The number of esters is 1. The van der Waals surface area contributed by atoms with Gasteiger partial charge in [0.2, 0.25) is 5.91 Å². The largest absolute Gasteiger partial charge is 0.461 e. The molecule has 0 aliphatic carbocycles. The number of amides is 1. The quantitative estimate of drug-likeness (QED) is 0.693. The smallest absolute Gasteiger partial charge is 0.435 e. The zero-order chi connectivity index (χ0) is 21.2. The van der Waals surface area contributed by atoms with Crippen molar-refractivity contribution < 1.29 is 27.5 Å². The van der Waals surface area contributed by atoms with Crippen LogP contribution in [0.2, 0.25) is 0 Å². The second-order valence-corrected chi connectivity index (χ2v) is 6.71. The fourth-order valence-corrected chi connectivity index (χ4v) is 3.13. The van der Waals surface area contributed by atoms with Gasteiger partial charge in [-0.15, -0.1) is 5.10 Å². The Morgan fingerprint density at radius 2 is 1.93 bits per heavy atom. The zero-order valence-corrected chi connectivity index (χ0v) is 16.0. The van der Waals surface area contributed by atoms with Crippen molar-refractivity contribution in [2.75, 3.05) is 19.7 Å². The molecule has 3 heterocycles. The van der Waals surface area contributed by atoms with Gasteiger partial charge in [-0.05, 0) is 32.8 Å². The van der Waals surface area contributed by atoms with E-state index in [4.69, 9.17) is 4.74 Å². The van der Waals surface area contributed by atoms with Crippen molar-refractivity contribution in [2.45, 2.75) is 45.5 Å². The normalized spacial score (nSPS) is 15.6. The lowest BCUT2D eigenvalue weighted by Gasteiger charge is -2.31. The summed E-state index contributed by atoms with van der Waals surface area (Å²) >= 11 is 0. The van der Waals surface area contributed by atoms with Crippen LogP contribution in [-0.2, 0) is 22.3 Å². The van der Waals surface area contributed by atoms with E-state index in [0.29, 0.717) is 25.9 Å². The first kappa shape index (κ1) is 20.8. The first-order chi connectivity index (χ1) is 13.7. The van der Waals surface area contributed by atoms with Crippen molar-refractivity contribution >= 4 is 11.9 Å². The molecule has 1 fully saturated rings. The van der Waals surface area contributed by atoms with Gasteiger partial charge in [0.1, 0.15) is 6.54 Å². The molecule has 3 rings (SSSR count). The van der Waals surface area contributed by atoms with Crippen molar-refractivity contribution in [1.82, 2.24) is 29.7 Å². The molecule has 0 N–H and O–H groups in total. The molecule has 0 atom stereocenters. The minimum Gasteiger partial charge on any atom is -0.461 e. The molecule has 1 aliphatic heterocycles. The van der Waals surface area contributed by atoms with Crippen molar-refractivity contribution in [3.63, 3.8) is 0 Å². The summed E-state index contributed by atoms with van der Waals surface area (Å²) in [6.45, 7) is 3.99. The van der Waals surface area contributed by atoms with E-state index in [9.17, 15) is 22.8 Å². The highest BCUT2D eigenvalue weighted by molar-refractivity contribution is 5.86. The molecule has 0 unspecified atom stereocenters. The summed E-state index contributed by atoms with van der Waals surface area (Å²) in [6.07, 6.45) is -2.08. The molecule has 0 bridgehead atoms. The summed E-state index contributed by atoms with van der Waals surface area (Å²) in [5, 5.41) is 11.7. The molecule has 0 radical (unpaired) electrons. The van der Waals surface area contributed by atoms with Crippen LogP contribution in [0.4, 0.5) is 13.2 Å². The van der Waals surface area contributed by atoms with E-state index in [1.807, 2.05) is 0 Å². The summed E-state index contributed by atoms with van der Waals surface area (Å²) in [4.78, 5) is 27.2. The highest BCUT2D eigenvalue weighted by atomic mass is 19.4. The molecule has 12 heteroatoms. The van der Waals surface area contributed by atoms with Gasteiger partial charge in [0.25, 0.3) is 0 Å². The second-order valence-electron chi connectivity index (χ2n) is 6.71. The molecule has 2 aromatic heterocycles. The van der Waals surface area contributed by atoms with Gasteiger partial charge in [-0.3, -0.25) is 9.48 Å². The molecule has 0 saturated carbocycles. The Morgan fingerprint density at radius 3 is 2.52 bits per heavy atom. The minimum absolute atomic E-state index is 0.0782. The number of nitrogens with zero attached hydrogens (tertiary/aromatic N) is 6. The third-order valence-electron chi connectivity index (χ3n) is 4.69. The molecule has 0 spiro atoms. The zero-order valence-electron chi connectivity index (χ0n) is 16.0. The summed E-state index contributed by atoms with van der Waals surface area (Å²) in [6, 6.07) is 0.842. The molecule has 0 aromatic carbocycles. The lowest BCUT2D eigenvalue weighted by molar-refractivity contribution is -0.142. The van der Waals surface area contributed by atoms with Gasteiger partial charge in [0.15, 0.2) is 11.4 Å². The van der Waals surface area contributed by atoms with Crippen molar-refractivity contribution in [3.8, 4) is 0 Å². The first-order valence-corrected chi connectivity index (χ1v) is 9.17. The van der Waals surface area contributed by atoms with Crippen LogP contribution < -0.4 is 0 Å². The first-order valence-electron chi connectivity index (χ1n) is 9.17. The van der Waals surface area contributed by atoms with Gasteiger partial charge < -0.3 is 9.64 Å². The minimum atomic E-state index is -4.55. The Balaban J connectivity index is 1.56. The predicted molar refractivity (Wildman–Crippen MR) is 92.8 cm³/mol. The molecule has 1 amide bonds. The summed E-state index contributed by atoms with van der Waals surface area (Å²) in [5.41, 5.74) is -0.614. The van der Waals surface area contributed by atoms with E-state index >= 15 is 0 Å². The van der Waals surface area contributed by atoms with Gasteiger partial charge in [0, 0.05) is 18.8 Å². The van der Waals surface area contributed by atoms with Crippen LogP contribution in [0.3, 0.4) is 0 Å². The van der Waals surface area contributed by atoms with Gasteiger partial charge in [0.05, 0.1) is 18.8 Å². The van der Waals surface area contributed by atoms with E-state index in [-0.39, 0.29) is 36.5 Å². The van der Waals surface area contributed by atoms with E-state index in [2.05, 4.69) is 15.3 Å². The van der Waals surface area contributed by atoms with Crippen molar-refractivity contribution in [1.29, 1.82) is 0 Å². The number of carbonyl (C=O) groups is 2. The molecular formula is C17H21F3N6O3. The number of aryl methyl sites for hydroxylation is 1. The van der Waals surface area contributed by atoms with Gasteiger partial charge in [-0.1, -0.05) is 0 Å². The Hall–Kier alpha value is -2.92. The number of aromatic nitrogens is 5. The SMILES string of the molecule is CCOC(=O)c1cnn(C2CCN(C(=O)Cn3nc(C(F)(F)F)cc3C)CC2)n1. The van der Waals surface area contributed by atoms with Crippen molar-refractivity contribution in [3.05, 3.63) is 29.3 Å². The Kier molecular flexibility index (Phi) is 5.89. The molecule has 1 saturated heterocycles. The Bertz CT molecular complexity index is 883. The van der Waals surface area contributed by atoms with E-state index < -0.39 is 17.8 Å². The highest BCUT2D eigenvalue weighted by Crippen LogP contribution is 2.28. The molecule has 158 valence electrons. The topological polar surface area (TPSA) is 95.1 Å². The van der Waals surface area contributed by atoms with E-state index in [0.717, 1.165) is 10.7 Å². The predicted octanol–water partition coefficient (Wildman–Crippen LogP) is 1.84. The van der Waals surface area contributed by atoms with Gasteiger partial charge in [-0.2, -0.15) is 28.2 Å². The molecular weight excluding hydrogens is 393 g/mol. The number of piperidine rings is 1. The van der Waals surface area contributed by atoms with Crippen LogP contribution in [0.25, 0.3) is 0 Å². The number of ether oxygens (including phenoxy) is 1. The molecule has 29 heavy (non-hydrogen) atoms. The summed E-state index contributed by atoms with van der Waals surface area (Å²) in [5.74, 6) is -0.844. The van der Waals surface area contributed by atoms with Gasteiger partial charge >= 0.3 is 12.1 Å². The average molecular weight is 414 g/mol. The molecule has 9 nitrogen and oxygen atoms in total. The van der Waals surface area contributed by atoms with E-state index in [1.54, 1.807) is 11.8 Å². The van der Waals surface area contributed by atoms with Gasteiger partial charge in [-0.25, -0.2) is 4.79 Å². The third kappa shape index (κ3) is 4.74. The van der Waals surface area contributed by atoms with Crippen LogP contribution in [0.1, 0.15) is 47.7 Å². The Morgan fingerprint density at radius 1 is 1.24 bits per heavy atom. The Labute approximate surface area is 164 Å². The van der Waals surface area contributed by atoms with Crippen molar-refractivity contribution in [2.24, 2.45) is 0 Å². The maximum atomic E-state index is 12.8. The number of carbonyl (C=O) groups excluding carboxylic acids is 2. The third-order valence-corrected chi connectivity index (χ3v) is 4.69. The van der Waals surface area contributed by atoms with E-state index in [1.165, 1.54) is 17.9 Å². The van der Waals surface area contributed by atoms with Crippen LogP contribution in [0.15, 0.2) is 12.3 Å². The number of alkyl halides is 3. The monoisotopic (exact) mass is 414 g/mol. The number of halogens is 3. The van der Waals surface area contributed by atoms with Crippen LogP contribution >= 0.6 is 0 Å². The number of hydrogen-bond acceptors (Lipinski definition) is 6. The van der Waals surface area contributed by atoms with Crippen LogP contribution in [0, 0.1) is 6.92 Å². The highest BCUT2D eigenvalue weighted by Gasteiger charge is 2.35. The van der Waals surface area contributed by atoms with Crippen LogP contribution in [-0.4, -0.2) is 61.2 Å². The van der Waals surface area contributed by atoms with Crippen LogP contribution in [0.5, 0.6) is 0 Å². The fraction of sp³-hybridized carbons (Fsp3) is 0.588. The number of likely N-dealkylation sites (tertiary alicyclic amines) is 1. The molecule has 2 aromatic rings. The maximum absolute atomic E-state index is 12.8. The maximum Gasteiger partial charge on any atom is 0.435 e. The second kappa shape index (κ2) is 8.21. The number of hydrogen-bond donors (Lipinski definition) is 0. The number of rotatable bonds is 5.